The van der Waals surface area contributed by atoms with E-state index < -0.39 is 24.6 Å². The highest BCUT2D eigenvalue weighted by molar-refractivity contribution is 7.09. The Morgan fingerprint density at radius 2 is 1.94 bits per heavy atom. The molecule has 0 aromatic carbocycles. The van der Waals surface area contributed by atoms with Gasteiger partial charge < -0.3 is 0 Å². The van der Waals surface area contributed by atoms with Crippen molar-refractivity contribution in [1.29, 1.82) is 0 Å². The van der Waals surface area contributed by atoms with Gasteiger partial charge >= 0.3 is 12.3 Å². The highest BCUT2D eigenvalue weighted by Crippen LogP contribution is 2.28. The molecule has 7 heteroatoms. The number of Topliss-reactive ketones (excluding diaryl/α,β-unsaturated/α-hetero) is 1. The number of alkyl halides is 4. The van der Waals surface area contributed by atoms with Gasteiger partial charge in [0, 0.05) is 10.8 Å². The molecular weight excluding hydrogens is 270 g/mol. The van der Waals surface area contributed by atoms with Gasteiger partial charge in [-0.25, -0.2) is 13.8 Å². The molecule has 0 bridgehead atoms. The van der Waals surface area contributed by atoms with E-state index in [1.165, 1.54) is 0 Å². The summed E-state index contributed by atoms with van der Waals surface area (Å²) in [6.07, 6.45) is -4.75. The van der Waals surface area contributed by atoms with E-state index in [-0.39, 0.29) is 10.4 Å². The Kier molecular flexibility index (Phi) is 4.15. The largest absolute Gasteiger partial charge is 0.364 e. The van der Waals surface area contributed by atoms with Gasteiger partial charge in [0.1, 0.15) is 5.01 Å². The first-order chi connectivity index (χ1) is 8.05. The Hall–Kier alpha value is -0.980. The summed E-state index contributed by atoms with van der Waals surface area (Å²) >= 11 is 1.02. The van der Waals surface area contributed by atoms with Gasteiger partial charge in [-0.3, -0.25) is 4.79 Å². The Bertz CT molecular complexity index is 436. The Morgan fingerprint density at radius 3 is 2.33 bits per heavy atom. The lowest BCUT2D eigenvalue weighted by Crippen LogP contribution is -2.37. The second-order valence-corrected chi connectivity index (χ2v) is 5.84. The van der Waals surface area contributed by atoms with Gasteiger partial charge in [0.05, 0.1) is 12.1 Å². The molecule has 0 atom stereocenters. The minimum absolute atomic E-state index is 0.130. The molecule has 0 aliphatic rings. The van der Waals surface area contributed by atoms with E-state index in [0.29, 0.717) is 5.69 Å². The van der Waals surface area contributed by atoms with Crippen molar-refractivity contribution in [2.45, 2.75) is 45.0 Å². The predicted molar refractivity (Wildman–Crippen MR) is 60.5 cm³/mol. The van der Waals surface area contributed by atoms with Gasteiger partial charge in [0.15, 0.2) is 0 Å². The number of hydrogen-bond donors (Lipinski definition) is 0. The molecule has 0 saturated carbocycles. The average Bonchev–Trinajstić information content (AvgIpc) is 2.65. The normalized spacial score (nSPS) is 13.1. The van der Waals surface area contributed by atoms with Crippen LogP contribution in [0, 0.1) is 0 Å². The Morgan fingerprint density at radius 1 is 1.39 bits per heavy atom. The molecule has 0 spiro atoms. The van der Waals surface area contributed by atoms with Crippen LogP contribution in [0.5, 0.6) is 0 Å². The smallest absolute Gasteiger partial charge is 0.292 e. The molecule has 102 valence electrons. The predicted octanol–water partition coefficient (Wildman–Crippen LogP) is 3.45. The van der Waals surface area contributed by atoms with Crippen molar-refractivity contribution < 1.29 is 22.4 Å². The summed E-state index contributed by atoms with van der Waals surface area (Å²) in [4.78, 5) is 15.1. The lowest BCUT2D eigenvalue weighted by atomic mass is 9.93. The second kappa shape index (κ2) is 4.95. The second-order valence-electron chi connectivity index (χ2n) is 4.90. The quantitative estimate of drug-likeness (QED) is 0.792. The van der Waals surface area contributed by atoms with Crippen molar-refractivity contribution in [2.24, 2.45) is 0 Å². The van der Waals surface area contributed by atoms with Crippen molar-refractivity contribution in [3.63, 3.8) is 0 Å². The van der Waals surface area contributed by atoms with Gasteiger partial charge in [-0.15, -0.1) is 11.3 Å². The monoisotopic (exact) mass is 283 g/mol. The standard InChI is InChI=1S/C11H13F4NOS/c1-10(2,3)6-5-18-8(16-6)4-7(17)11(14,15)9(12)13/h5,9H,4H2,1-3H3. The van der Waals surface area contributed by atoms with Crippen LogP contribution in [0.2, 0.25) is 0 Å². The first kappa shape index (κ1) is 15.1. The third kappa shape index (κ3) is 3.28. The van der Waals surface area contributed by atoms with Gasteiger partial charge in [0.25, 0.3) is 0 Å². The molecule has 0 radical (unpaired) electrons. The highest BCUT2D eigenvalue weighted by Gasteiger charge is 2.48. The van der Waals surface area contributed by atoms with Gasteiger partial charge in [-0.05, 0) is 0 Å². The lowest BCUT2D eigenvalue weighted by Gasteiger charge is -2.14. The first-order valence-corrected chi connectivity index (χ1v) is 6.07. The van der Waals surface area contributed by atoms with E-state index in [0.717, 1.165) is 11.3 Å². The number of carbonyl (C=O) groups excluding carboxylic acids is 1. The highest BCUT2D eigenvalue weighted by atomic mass is 32.1. The SMILES string of the molecule is CC(C)(C)c1csc(CC(=O)C(F)(F)C(F)F)n1. The van der Waals surface area contributed by atoms with Crippen LogP contribution < -0.4 is 0 Å². The minimum Gasteiger partial charge on any atom is -0.292 e. The Labute approximate surface area is 106 Å². The summed E-state index contributed by atoms with van der Waals surface area (Å²) in [5, 5.41) is 1.77. The molecule has 0 N–H and O–H groups in total. The van der Waals surface area contributed by atoms with E-state index in [4.69, 9.17) is 0 Å². The molecule has 0 aliphatic carbocycles. The summed E-state index contributed by atoms with van der Waals surface area (Å²) in [5.41, 5.74) is 0.374. The van der Waals surface area contributed by atoms with Crippen molar-refractivity contribution >= 4 is 17.1 Å². The first-order valence-electron chi connectivity index (χ1n) is 5.19. The zero-order valence-corrected chi connectivity index (χ0v) is 11.0. The van der Waals surface area contributed by atoms with Crippen LogP contribution in [-0.4, -0.2) is 23.1 Å². The molecule has 18 heavy (non-hydrogen) atoms. The van der Waals surface area contributed by atoms with Crippen molar-refractivity contribution in [3.8, 4) is 0 Å². The molecule has 0 fully saturated rings. The molecule has 0 saturated heterocycles. The van der Waals surface area contributed by atoms with Crippen LogP contribution in [0.15, 0.2) is 5.38 Å². The number of ketones is 1. The fraction of sp³-hybridized carbons (Fsp3) is 0.636. The molecule has 1 aromatic rings. The fourth-order valence-corrected chi connectivity index (χ4v) is 2.13. The number of hydrogen-bond acceptors (Lipinski definition) is 3. The van der Waals surface area contributed by atoms with Crippen molar-refractivity contribution in [2.75, 3.05) is 0 Å². The summed E-state index contributed by atoms with van der Waals surface area (Å²) in [5.74, 6) is -6.40. The molecule has 1 rings (SSSR count). The van der Waals surface area contributed by atoms with Crippen LogP contribution in [0.4, 0.5) is 17.6 Å². The van der Waals surface area contributed by atoms with Crippen LogP contribution >= 0.6 is 11.3 Å². The van der Waals surface area contributed by atoms with E-state index in [1.54, 1.807) is 5.38 Å². The van der Waals surface area contributed by atoms with Gasteiger partial charge in [0.2, 0.25) is 5.78 Å². The van der Waals surface area contributed by atoms with Gasteiger partial charge in [-0.1, -0.05) is 20.8 Å². The maximum atomic E-state index is 12.7. The number of carbonyl (C=O) groups is 1. The Balaban J connectivity index is 2.81. The van der Waals surface area contributed by atoms with E-state index in [9.17, 15) is 22.4 Å². The molecule has 0 aliphatic heterocycles. The van der Waals surface area contributed by atoms with Crippen molar-refractivity contribution in [3.05, 3.63) is 16.1 Å². The zero-order valence-electron chi connectivity index (χ0n) is 10.1. The van der Waals surface area contributed by atoms with Crippen molar-refractivity contribution in [1.82, 2.24) is 4.98 Å². The molecule has 2 nitrogen and oxygen atoms in total. The van der Waals surface area contributed by atoms with Crippen LogP contribution in [0.3, 0.4) is 0 Å². The molecule has 1 aromatic heterocycles. The average molecular weight is 283 g/mol. The minimum atomic E-state index is -4.60. The summed E-state index contributed by atoms with van der Waals surface area (Å²) in [6, 6.07) is 0. The zero-order chi connectivity index (χ0) is 14.1. The third-order valence-electron chi connectivity index (χ3n) is 2.28. The van der Waals surface area contributed by atoms with E-state index in [2.05, 4.69) is 4.98 Å². The third-order valence-corrected chi connectivity index (χ3v) is 3.13. The molecule has 0 unspecified atom stereocenters. The number of nitrogens with zero attached hydrogens (tertiary/aromatic N) is 1. The fourth-order valence-electron chi connectivity index (χ4n) is 1.11. The number of halogens is 4. The van der Waals surface area contributed by atoms with Crippen LogP contribution in [0.25, 0.3) is 0 Å². The van der Waals surface area contributed by atoms with Gasteiger partial charge in [-0.2, -0.15) is 8.78 Å². The molecule has 0 amide bonds. The van der Waals surface area contributed by atoms with E-state index in [1.807, 2.05) is 20.8 Å². The van der Waals surface area contributed by atoms with Crippen LogP contribution in [-0.2, 0) is 16.6 Å². The summed E-state index contributed by atoms with van der Waals surface area (Å²) in [6.45, 7) is 5.63. The summed E-state index contributed by atoms with van der Waals surface area (Å²) < 4.78 is 49.4. The number of aromatic nitrogens is 1. The summed E-state index contributed by atoms with van der Waals surface area (Å²) in [7, 11) is 0. The molecular formula is C11H13F4NOS. The number of rotatable bonds is 4. The maximum Gasteiger partial charge on any atom is 0.364 e. The maximum absolute atomic E-state index is 12.7. The molecule has 1 heterocycles. The van der Waals surface area contributed by atoms with Crippen LogP contribution in [0.1, 0.15) is 31.5 Å². The lowest BCUT2D eigenvalue weighted by molar-refractivity contribution is -0.166. The topological polar surface area (TPSA) is 30.0 Å². The number of thiazole rings is 1. The van der Waals surface area contributed by atoms with E-state index >= 15 is 0 Å².